The lowest BCUT2D eigenvalue weighted by molar-refractivity contribution is -0.384. The molecular formula is C24H26N4O5. The van der Waals surface area contributed by atoms with Gasteiger partial charge in [-0.15, -0.1) is 0 Å². The number of carbonyl (C=O) groups is 1. The molecule has 0 aliphatic heterocycles. The van der Waals surface area contributed by atoms with Crippen LogP contribution in [0.3, 0.4) is 0 Å². The fourth-order valence-electron chi connectivity index (χ4n) is 3.57. The molecule has 0 spiro atoms. The van der Waals surface area contributed by atoms with E-state index < -0.39 is 22.7 Å². The van der Waals surface area contributed by atoms with E-state index >= 15 is 0 Å². The molecule has 2 atom stereocenters. The van der Waals surface area contributed by atoms with Gasteiger partial charge < -0.3 is 14.5 Å². The molecule has 0 saturated heterocycles. The quantitative estimate of drug-likeness (QED) is 0.358. The number of oxazole rings is 1. The van der Waals surface area contributed by atoms with E-state index in [2.05, 4.69) is 16.4 Å². The second-order valence-corrected chi connectivity index (χ2v) is 8.71. The van der Waals surface area contributed by atoms with Crippen LogP contribution in [-0.4, -0.2) is 21.6 Å². The van der Waals surface area contributed by atoms with Crippen LogP contribution < -0.4 is 5.32 Å². The molecule has 1 N–H and O–H groups in total. The minimum absolute atomic E-state index is 0.0484. The number of fused-ring (bicyclic) bond motifs is 1. The summed E-state index contributed by atoms with van der Waals surface area (Å²) in [5.41, 5.74) is 1.44. The lowest BCUT2D eigenvalue weighted by Gasteiger charge is -2.28. The summed E-state index contributed by atoms with van der Waals surface area (Å²) in [6.45, 7) is 7.31. The van der Waals surface area contributed by atoms with Crippen LogP contribution in [0, 0.1) is 21.4 Å². The number of nitro benzene ring substituents is 1. The molecule has 0 bridgehead atoms. The molecule has 1 heterocycles. The lowest BCUT2D eigenvalue weighted by Crippen LogP contribution is -2.37. The van der Waals surface area contributed by atoms with Crippen LogP contribution in [0.2, 0.25) is 0 Å². The van der Waals surface area contributed by atoms with E-state index in [1.807, 2.05) is 6.92 Å². The Hall–Kier alpha value is -3.93. The zero-order valence-corrected chi connectivity index (χ0v) is 19.0. The van der Waals surface area contributed by atoms with Crippen molar-refractivity contribution in [2.24, 2.45) is 0 Å². The average molecular weight is 450 g/mol. The van der Waals surface area contributed by atoms with Crippen LogP contribution >= 0.6 is 0 Å². The maximum atomic E-state index is 12.7. The van der Waals surface area contributed by atoms with Crippen LogP contribution in [0.15, 0.2) is 46.9 Å². The molecule has 172 valence electrons. The van der Waals surface area contributed by atoms with E-state index in [0.717, 1.165) is 6.42 Å². The van der Waals surface area contributed by atoms with Gasteiger partial charge in [-0.3, -0.25) is 10.1 Å². The van der Waals surface area contributed by atoms with Crippen molar-refractivity contribution < 1.29 is 18.9 Å². The van der Waals surface area contributed by atoms with E-state index in [1.165, 1.54) is 12.1 Å². The highest BCUT2D eigenvalue weighted by Crippen LogP contribution is 2.37. The molecule has 2 aromatic carbocycles. The predicted molar refractivity (Wildman–Crippen MR) is 122 cm³/mol. The molecule has 0 aliphatic rings. The van der Waals surface area contributed by atoms with Crippen molar-refractivity contribution in [3.8, 4) is 6.07 Å². The number of nitrogens with one attached hydrogen (secondary N) is 1. The predicted octanol–water partition coefficient (Wildman–Crippen LogP) is 5.76. The fraction of sp³-hybridized carbons (Fsp3) is 0.375. The molecule has 0 saturated carbocycles. The van der Waals surface area contributed by atoms with Crippen molar-refractivity contribution in [1.82, 2.24) is 10.3 Å². The fourth-order valence-corrected chi connectivity index (χ4v) is 3.57. The SMILES string of the molecule is CCC[C@H](c1nc2ccc(C#N)cc2o1)[C@@H](NC(=O)OC(C)(C)C)c1ccc([N+](=O)[O-])cc1. The van der Waals surface area contributed by atoms with Crippen LogP contribution in [0.1, 0.15) is 69.5 Å². The molecule has 1 aromatic heterocycles. The first kappa shape index (κ1) is 23.7. The van der Waals surface area contributed by atoms with Crippen molar-refractivity contribution in [3.63, 3.8) is 0 Å². The monoisotopic (exact) mass is 450 g/mol. The third kappa shape index (κ3) is 5.86. The third-order valence-corrected chi connectivity index (χ3v) is 4.99. The number of non-ortho nitro benzene ring substituents is 1. The van der Waals surface area contributed by atoms with Gasteiger partial charge in [0, 0.05) is 18.2 Å². The highest BCUT2D eigenvalue weighted by molar-refractivity contribution is 5.74. The zero-order valence-electron chi connectivity index (χ0n) is 19.0. The second kappa shape index (κ2) is 9.69. The average Bonchev–Trinajstić information content (AvgIpc) is 3.17. The Morgan fingerprint density at radius 3 is 2.55 bits per heavy atom. The molecule has 33 heavy (non-hydrogen) atoms. The lowest BCUT2D eigenvalue weighted by atomic mass is 9.89. The van der Waals surface area contributed by atoms with Crippen molar-refractivity contribution >= 4 is 22.9 Å². The minimum Gasteiger partial charge on any atom is -0.444 e. The number of carbonyl (C=O) groups excluding carboxylic acids is 1. The van der Waals surface area contributed by atoms with Gasteiger partial charge >= 0.3 is 6.09 Å². The molecule has 0 aliphatic carbocycles. The summed E-state index contributed by atoms with van der Waals surface area (Å²) in [4.78, 5) is 27.9. The number of rotatable bonds is 7. The first-order valence-electron chi connectivity index (χ1n) is 10.7. The van der Waals surface area contributed by atoms with E-state index in [0.29, 0.717) is 34.5 Å². The molecule has 3 rings (SSSR count). The van der Waals surface area contributed by atoms with Gasteiger partial charge in [-0.05, 0) is 44.9 Å². The minimum atomic E-state index is -0.699. The van der Waals surface area contributed by atoms with Crippen LogP contribution in [-0.2, 0) is 4.74 Å². The first-order valence-corrected chi connectivity index (χ1v) is 10.7. The molecule has 0 radical (unpaired) electrons. The Morgan fingerprint density at radius 1 is 1.27 bits per heavy atom. The second-order valence-electron chi connectivity index (χ2n) is 8.71. The molecule has 9 heteroatoms. The highest BCUT2D eigenvalue weighted by atomic mass is 16.6. The number of hydrogen-bond acceptors (Lipinski definition) is 7. The van der Waals surface area contributed by atoms with Gasteiger partial charge in [0.05, 0.1) is 28.5 Å². The summed E-state index contributed by atoms with van der Waals surface area (Å²) in [7, 11) is 0. The Balaban J connectivity index is 2.05. The summed E-state index contributed by atoms with van der Waals surface area (Å²) in [5, 5.41) is 23.2. The van der Waals surface area contributed by atoms with Crippen molar-refractivity contribution in [2.45, 2.75) is 58.1 Å². The summed E-state index contributed by atoms with van der Waals surface area (Å²) < 4.78 is 11.5. The Bertz CT molecular complexity index is 1190. The Morgan fingerprint density at radius 2 is 1.97 bits per heavy atom. The number of nitro groups is 1. The highest BCUT2D eigenvalue weighted by Gasteiger charge is 2.32. The number of aromatic nitrogens is 1. The Kier molecular flexibility index (Phi) is 6.97. The van der Waals surface area contributed by atoms with E-state index in [1.54, 1.807) is 51.1 Å². The van der Waals surface area contributed by atoms with Gasteiger partial charge in [-0.2, -0.15) is 5.26 Å². The van der Waals surface area contributed by atoms with E-state index in [-0.39, 0.29) is 11.6 Å². The number of ether oxygens (including phenoxy) is 1. The van der Waals surface area contributed by atoms with Crippen molar-refractivity contribution in [3.05, 3.63) is 69.6 Å². The van der Waals surface area contributed by atoms with Gasteiger partial charge in [0.1, 0.15) is 11.1 Å². The number of benzene rings is 2. The van der Waals surface area contributed by atoms with Crippen LogP contribution in [0.25, 0.3) is 11.1 Å². The smallest absolute Gasteiger partial charge is 0.408 e. The number of amides is 1. The number of alkyl carbamates (subject to hydrolysis) is 1. The standard InChI is InChI=1S/C24H26N4O5/c1-5-6-18(22-26-19-12-7-15(14-25)13-20(19)32-22)21(27-23(29)33-24(2,3)4)16-8-10-17(11-9-16)28(30)31/h7-13,18,21H,5-6H2,1-4H3,(H,27,29)/t18-,21-/m0/s1. The van der Waals surface area contributed by atoms with Gasteiger partial charge in [0.2, 0.25) is 5.89 Å². The molecule has 9 nitrogen and oxygen atoms in total. The largest absolute Gasteiger partial charge is 0.444 e. The van der Waals surface area contributed by atoms with Crippen molar-refractivity contribution in [1.29, 1.82) is 5.26 Å². The van der Waals surface area contributed by atoms with Gasteiger partial charge in [-0.1, -0.05) is 25.5 Å². The molecule has 1 amide bonds. The summed E-state index contributed by atoms with van der Waals surface area (Å²) in [6, 6.07) is 12.5. The summed E-state index contributed by atoms with van der Waals surface area (Å²) in [5.74, 6) is 0.0308. The summed E-state index contributed by atoms with van der Waals surface area (Å²) >= 11 is 0. The van der Waals surface area contributed by atoms with E-state index in [4.69, 9.17) is 14.4 Å². The van der Waals surface area contributed by atoms with Gasteiger partial charge in [0.15, 0.2) is 5.58 Å². The zero-order chi connectivity index (χ0) is 24.2. The number of nitrogens with zero attached hydrogens (tertiary/aromatic N) is 3. The van der Waals surface area contributed by atoms with Crippen LogP contribution in [0.4, 0.5) is 10.5 Å². The first-order chi connectivity index (χ1) is 15.6. The summed E-state index contributed by atoms with van der Waals surface area (Å²) in [6.07, 6.45) is 0.775. The molecule has 0 unspecified atom stereocenters. The van der Waals surface area contributed by atoms with Gasteiger partial charge in [-0.25, -0.2) is 9.78 Å². The van der Waals surface area contributed by atoms with Crippen molar-refractivity contribution in [2.75, 3.05) is 0 Å². The topological polar surface area (TPSA) is 131 Å². The number of hydrogen-bond donors (Lipinski definition) is 1. The molecule has 3 aromatic rings. The van der Waals surface area contributed by atoms with E-state index in [9.17, 15) is 14.9 Å². The maximum absolute atomic E-state index is 12.7. The molecule has 0 fully saturated rings. The Labute approximate surface area is 191 Å². The molecular weight excluding hydrogens is 424 g/mol. The maximum Gasteiger partial charge on any atom is 0.408 e. The normalized spacial score (nSPS) is 13.2. The third-order valence-electron chi connectivity index (χ3n) is 4.99. The van der Waals surface area contributed by atoms with Crippen LogP contribution in [0.5, 0.6) is 0 Å². The number of nitriles is 1. The van der Waals surface area contributed by atoms with Gasteiger partial charge in [0.25, 0.3) is 5.69 Å².